The van der Waals surface area contributed by atoms with E-state index in [4.69, 9.17) is 4.74 Å². The zero-order valence-electron chi connectivity index (χ0n) is 18.5. The van der Waals surface area contributed by atoms with Crippen molar-refractivity contribution in [3.63, 3.8) is 0 Å². The Morgan fingerprint density at radius 2 is 1.58 bits per heavy atom. The Bertz CT molecular complexity index is 886. The second kappa shape index (κ2) is 11.1. The molecule has 0 fully saturated rings. The molecule has 0 aliphatic rings. The Hall–Kier alpha value is -2.68. The molecular weight excluding hydrogens is 406 g/mol. The van der Waals surface area contributed by atoms with Crippen LogP contribution in [0.1, 0.15) is 23.0 Å². The van der Waals surface area contributed by atoms with E-state index in [1.807, 2.05) is 36.4 Å². The summed E-state index contributed by atoms with van der Waals surface area (Å²) in [7, 11) is -1.15. The van der Waals surface area contributed by atoms with Crippen molar-refractivity contribution in [2.45, 2.75) is 51.5 Å². The van der Waals surface area contributed by atoms with E-state index in [-0.39, 0.29) is 6.73 Å². The van der Waals surface area contributed by atoms with Crippen molar-refractivity contribution in [2.24, 2.45) is 0 Å². The number of hydrogen-bond acceptors (Lipinski definition) is 6. The standard InChI is InChI=1S/C23H31N5O2Si/c1-31(2,3)15-14-30-19-28-25-23(24-26-28)22(18-29)27(16-20-10-6-4-7-11-20)17-21-12-8-5-9-13-21/h4-13,18,22H,14-17,19H2,1-3H3. The Labute approximate surface area is 185 Å². The minimum absolute atomic E-state index is 0.237. The first-order chi connectivity index (χ1) is 14.9. The van der Waals surface area contributed by atoms with Crippen molar-refractivity contribution in [3.8, 4) is 0 Å². The van der Waals surface area contributed by atoms with E-state index >= 15 is 0 Å². The highest BCUT2D eigenvalue weighted by Gasteiger charge is 2.25. The zero-order valence-corrected chi connectivity index (χ0v) is 19.5. The van der Waals surface area contributed by atoms with Crippen molar-refractivity contribution in [3.05, 3.63) is 77.6 Å². The highest BCUT2D eigenvalue weighted by atomic mass is 28.3. The second-order valence-corrected chi connectivity index (χ2v) is 14.4. The first-order valence-electron chi connectivity index (χ1n) is 10.6. The van der Waals surface area contributed by atoms with E-state index in [9.17, 15) is 4.79 Å². The van der Waals surface area contributed by atoms with Crippen LogP contribution in [-0.2, 0) is 29.4 Å². The average Bonchev–Trinajstić information content (AvgIpc) is 3.21. The molecule has 0 saturated carbocycles. The summed E-state index contributed by atoms with van der Waals surface area (Å²) in [6.07, 6.45) is 0.888. The molecule has 0 amide bonds. The zero-order chi connectivity index (χ0) is 22.1. The highest BCUT2D eigenvalue weighted by molar-refractivity contribution is 6.76. The summed E-state index contributed by atoms with van der Waals surface area (Å²) < 4.78 is 5.70. The van der Waals surface area contributed by atoms with Gasteiger partial charge in [0.25, 0.3) is 0 Å². The molecule has 0 aliphatic carbocycles. The Kier molecular flexibility index (Phi) is 8.22. The van der Waals surface area contributed by atoms with Gasteiger partial charge < -0.3 is 9.53 Å². The molecule has 3 aromatic rings. The van der Waals surface area contributed by atoms with Gasteiger partial charge in [-0.05, 0) is 22.4 Å². The van der Waals surface area contributed by atoms with Crippen LogP contribution in [0.15, 0.2) is 60.7 Å². The minimum atomic E-state index is -1.15. The molecule has 31 heavy (non-hydrogen) atoms. The Morgan fingerprint density at radius 1 is 1.00 bits per heavy atom. The summed E-state index contributed by atoms with van der Waals surface area (Å²) in [6, 6.07) is 20.6. The molecule has 0 aliphatic heterocycles. The van der Waals surface area contributed by atoms with Gasteiger partial charge in [-0.2, -0.15) is 0 Å². The lowest BCUT2D eigenvalue weighted by molar-refractivity contribution is -0.113. The molecule has 1 unspecified atom stereocenters. The maximum Gasteiger partial charge on any atom is 0.199 e. The molecule has 1 aromatic heterocycles. The molecule has 164 valence electrons. The van der Waals surface area contributed by atoms with E-state index in [0.29, 0.717) is 25.5 Å². The topological polar surface area (TPSA) is 73.1 Å². The normalized spacial score (nSPS) is 12.8. The first kappa shape index (κ1) is 23.0. The summed E-state index contributed by atoms with van der Waals surface area (Å²) in [5.41, 5.74) is 2.24. The monoisotopic (exact) mass is 437 g/mol. The van der Waals surface area contributed by atoms with E-state index in [1.54, 1.807) is 0 Å². The largest absolute Gasteiger partial charge is 0.358 e. The fourth-order valence-electron chi connectivity index (χ4n) is 3.15. The molecular formula is C23H31N5O2Si. The number of aldehydes is 1. The average molecular weight is 438 g/mol. The van der Waals surface area contributed by atoms with Crippen molar-refractivity contribution in [1.29, 1.82) is 0 Å². The maximum atomic E-state index is 12.1. The van der Waals surface area contributed by atoms with Crippen molar-refractivity contribution in [1.82, 2.24) is 25.1 Å². The van der Waals surface area contributed by atoms with E-state index in [2.05, 4.69) is 64.2 Å². The van der Waals surface area contributed by atoms with Gasteiger partial charge in [0.1, 0.15) is 12.3 Å². The molecule has 0 radical (unpaired) electrons. The van der Waals surface area contributed by atoms with Gasteiger partial charge in [-0.25, -0.2) is 0 Å². The highest BCUT2D eigenvalue weighted by Crippen LogP contribution is 2.21. The van der Waals surface area contributed by atoms with E-state index in [0.717, 1.165) is 23.5 Å². The van der Waals surface area contributed by atoms with Crippen LogP contribution in [0.5, 0.6) is 0 Å². The molecule has 0 bridgehead atoms. The fourth-order valence-corrected chi connectivity index (χ4v) is 3.91. The second-order valence-electron chi connectivity index (χ2n) is 8.83. The Morgan fingerprint density at radius 3 is 2.10 bits per heavy atom. The number of ether oxygens (including phenoxy) is 1. The lowest BCUT2D eigenvalue weighted by atomic mass is 10.1. The fraction of sp³-hybridized carbons (Fsp3) is 0.391. The number of carbonyl (C=O) groups excluding carboxylic acids is 1. The number of benzene rings is 2. The molecule has 3 rings (SSSR count). The number of rotatable bonds is 12. The number of hydrogen-bond donors (Lipinski definition) is 0. The molecule has 7 nitrogen and oxygen atoms in total. The lowest BCUT2D eigenvalue weighted by Crippen LogP contribution is -2.30. The third kappa shape index (κ3) is 7.50. The van der Waals surface area contributed by atoms with Gasteiger partial charge in [0.05, 0.1) is 0 Å². The summed E-state index contributed by atoms with van der Waals surface area (Å²) in [5, 5.41) is 12.7. The van der Waals surface area contributed by atoms with Crippen molar-refractivity contribution in [2.75, 3.05) is 6.61 Å². The summed E-state index contributed by atoms with van der Waals surface area (Å²) in [5.74, 6) is 0.385. The van der Waals surface area contributed by atoms with Crippen LogP contribution in [0.3, 0.4) is 0 Å². The number of tetrazole rings is 1. The van der Waals surface area contributed by atoms with Gasteiger partial charge in [-0.3, -0.25) is 4.90 Å². The Balaban J connectivity index is 1.72. The summed E-state index contributed by atoms with van der Waals surface area (Å²) in [6.45, 7) is 9.04. The van der Waals surface area contributed by atoms with Crippen LogP contribution in [0.25, 0.3) is 0 Å². The van der Waals surface area contributed by atoms with Crippen molar-refractivity contribution >= 4 is 14.4 Å². The molecule has 1 atom stereocenters. The third-order valence-electron chi connectivity index (χ3n) is 4.92. The van der Waals surface area contributed by atoms with Gasteiger partial charge in [0.15, 0.2) is 12.6 Å². The molecule has 8 heteroatoms. The molecule has 1 heterocycles. The quantitative estimate of drug-likeness (QED) is 0.243. The predicted molar refractivity (Wildman–Crippen MR) is 123 cm³/mol. The number of aromatic nitrogens is 4. The first-order valence-corrected chi connectivity index (χ1v) is 14.3. The molecule has 0 N–H and O–H groups in total. The van der Waals surface area contributed by atoms with Crippen LogP contribution in [-0.4, -0.2) is 46.1 Å². The smallest absolute Gasteiger partial charge is 0.199 e. The summed E-state index contributed by atoms with van der Waals surface area (Å²) in [4.78, 5) is 15.6. The summed E-state index contributed by atoms with van der Waals surface area (Å²) >= 11 is 0. The molecule has 0 saturated heterocycles. The van der Waals surface area contributed by atoms with Crippen LogP contribution in [0.2, 0.25) is 25.7 Å². The predicted octanol–water partition coefficient (Wildman–Crippen LogP) is 3.93. The van der Waals surface area contributed by atoms with Gasteiger partial charge >= 0.3 is 0 Å². The number of nitrogens with zero attached hydrogens (tertiary/aromatic N) is 5. The minimum Gasteiger partial charge on any atom is -0.358 e. The van der Waals surface area contributed by atoms with Crippen LogP contribution < -0.4 is 0 Å². The van der Waals surface area contributed by atoms with Crippen LogP contribution in [0.4, 0.5) is 0 Å². The SMILES string of the molecule is C[Si](C)(C)CCOCn1nnc(C(C=O)N(Cc2ccccc2)Cc2ccccc2)n1. The third-order valence-corrected chi connectivity index (χ3v) is 6.62. The molecule has 2 aromatic carbocycles. The van der Waals surface area contributed by atoms with Gasteiger partial charge in [0, 0.05) is 27.8 Å². The van der Waals surface area contributed by atoms with E-state index < -0.39 is 14.1 Å². The lowest BCUT2D eigenvalue weighted by Gasteiger charge is -2.26. The maximum absolute atomic E-state index is 12.1. The van der Waals surface area contributed by atoms with E-state index in [1.165, 1.54) is 4.80 Å². The van der Waals surface area contributed by atoms with Gasteiger partial charge in [-0.1, -0.05) is 80.3 Å². The molecule has 0 spiro atoms. The van der Waals surface area contributed by atoms with Crippen LogP contribution in [0, 0.1) is 0 Å². The van der Waals surface area contributed by atoms with Crippen LogP contribution >= 0.6 is 0 Å². The number of carbonyl (C=O) groups is 1. The van der Waals surface area contributed by atoms with Gasteiger partial charge in [-0.15, -0.1) is 15.0 Å². The van der Waals surface area contributed by atoms with Gasteiger partial charge in [0.2, 0.25) is 0 Å². The van der Waals surface area contributed by atoms with Crippen molar-refractivity contribution < 1.29 is 9.53 Å².